The van der Waals surface area contributed by atoms with Crippen molar-refractivity contribution in [2.45, 2.75) is 6.18 Å². The number of amides is 2. The second-order valence-corrected chi connectivity index (χ2v) is 1.55. The molecule has 1 aliphatic rings. The third kappa shape index (κ3) is 1.76. The van der Waals surface area contributed by atoms with Crippen LogP contribution in [0.2, 0.25) is 0 Å². The summed E-state index contributed by atoms with van der Waals surface area (Å²) in [6.07, 6.45) is -3.23. The van der Waals surface area contributed by atoms with Gasteiger partial charge in [-0.15, -0.1) is 5.11 Å². The molecule has 1 aliphatic heterocycles. The zero-order valence-corrected chi connectivity index (χ0v) is 4.88. The van der Waals surface area contributed by atoms with Crippen LogP contribution in [0.3, 0.4) is 0 Å². The molecule has 1 rings (SSSR count). The van der Waals surface area contributed by atoms with Crippen LogP contribution in [0, 0.1) is 6.20 Å². The molecule has 7 heteroatoms. The molecule has 0 unspecified atom stereocenters. The van der Waals surface area contributed by atoms with Crippen molar-refractivity contribution in [1.29, 1.82) is 0 Å². The van der Waals surface area contributed by atoms with Crippen LogP contribution in [0.25, 0.3) is 0 Å². The topological polar surface area (TPSA) is 55.9 Å². The molecule has 0 saturated heterocycles. The van der Waals surface area contributed by atoms with Gasteiger partial charge in [-0.05, 0) is 0 Å². The lowest BCUT2D eigenvalue weighted by Gasteiger charge is -2.05. The van der Waals surface area contributed by atoms with Crippen LogP contribution < -0.4 is 5.32 Å². The highest BCUT2D eigenvalue weighted by molar-refractivity contribution is 5.75. The van der Waals surface area contributed by atoms with Gasteiger partial charge < -0.3 is 0 Å². The van der Waals surface area contributed by atoms with Crippen LogP contribution in [-0.4, -0.2) is 12.2 Å². The molecule has 0 spiro atoms. The number of azo groups is 1. The summed E-state index contributed by atoms with van der Waals surface area (Å²) in [5, 5.41) is 7.79. The van der Waals surface area contributed by atoms with Crippen molar-refractivity contribution in [3.63, 3.8) is 0 Å². The van der Waals surface area contributed by atoms with E-state index in [1.54, 1.807) is 0 Å². The lowest BCUT2D eigenvalue weighted by Crippen LogP contribution is -2.17. The molecule has 0 aromatic heterocycles. The molecule has 1 heterocycles. The maximum Gasteiger partial charge on any atom is 0.437 e. The van der Waals surface area contributed by atoms with E-state index in [4.69, 9.17) is 0 Å². The number of rotatable bonds is 0. The Morgan fingerprint density at radius 3 is 2.27 bits per heavy atom. The van der Waals surface area contributed by atoms with E-state index in [1.807, 2.05) is 0 Å². The molecule has 2 amide bonds. The number of hydrogen-bond acceptors (Lipinski definition) is 2. The molecule has 4 nitrogen and oxygen atoms in total. The summed E-state index contributed by atoms with van der Waals surface area (Å²) in [4.78, 5) is 10.1. The Balaban J connectivity index is 2.79. The molecule has 0 aliphatic carbocycles. The number of allylic oxidation sites excluding steroid dienone is 1. The molecular weight excluding hydrogens is 163 g/mol. The van der Waals surface area contributed by atoms with Gasteiger partial charge in [-0.2, -0.15) is 18.5 Å². The van der Waals surface area contributed by atoms with Crippen molar-refractivity contribution < 1.29 is 18.0 Å². The summed E-state index contributed by atoms with van der Waals surface area (Å²) >= 11 is 0. The second-order valence-electron chi connectivity index (χ2n) is 1.55. The van der Waals surface area contributed by atoms with Gasteiger partial charge in [0.2, 0.25) is 0 Å². The van der Waals surface area contributed by atoms with Crippen molar-refractivity contribution in [3.05, 3.63) is 11.9 Å². The molecule has 0 aromatic rings. The van der Waals surface area contributed by atoms with E-state index in [2.05, 4.69) is 15.5 Å². The normalized spacial score (nSPS) is 17.7. The lowest BCUT2D eigenvalue weighted by atomic mass is 10.4. The summed E-state index contributed by atoms with van der Waals surface area (Å²) in [5.41, 5.74) is -1.39. The number of hydrogen-bond donors (Lipinski definition) is 0. The fourth-order valence-corrected chi connectivity index (χ4v) is 0.358. The average molecular weight is 163 g/mol. The van der Waals surface area contributed by atoms with Crippen LogP contribution in [-0.2, 0) is 0 Å². The smallest absolute Gasteiger partial charge is 0.242 e. The number of alkyl halides is 3. The zero-order chi connectivity index (χ0) is 8.48. The van der Waals surface area contributed by atoms with Crippen LogP contribution in [0.5, 0.6) is 0 Å². The van der Waals surface area contributed by atoms with Crippen molar-refractivity contribution in [2.24, 2.45) is 10.2 Å². The van der Waals surface area contributed by atoms with Gasteiger partial charge in [-0.1, -0.05) is 5.11 Å². The highest BCUT2D eigenvalue weighted by Crippen LogP contribution is 2.26. The molecule has 2 radical (unpaired) electrons. The van der Waals surface area contributed by atoms with Gasteiger partial charge in [0.25, 0.3) is 0 Å². The molecule has 11 heavy (non-hydrogen) atoms. The van der Waals surface area contributed by atoms with Gasteiger partial charge in [-0.25, -0.2) is 4.79 Å². The minimum atomic E-state index is -4.65. The highest BCUT2D eigenvalue weighted by atomic mass is 19.4. The lowest BCUT2D eigenvalue weighted by molar-refractivity contribution is -0.0940. The van der Waals surface area contributed by atoms with Gasteiger partial charge in [0.05, 0.1) is 0 Å². The number of nitrogens with zero attached hydrogens (tertiary/aromatic N) is 3. The van der Waals surface area contributed by atoms with Gasteiger partial charge in [0, 0.05) is 0 Å². The van der Waals surface area contributed by atoms with Crippen LogP contribution in [0.4, 0.5) is 18.0 Å². The summed E-state index contributed by atoms with van der Waals surface area (Å²) in [6.45, 7) is 0. The highest BCUT2D eigenvalue weighted by Gasteiger charge is 2.36. The van der Waals surface area contributed by atoms with Gasteiger partial charge in [-0.3, -0.25) is 0 Å². The van der Waals surface area contributed by atoms with Crippen molar-refractivity contribution >= 4 is 6.03 Å². The first kappa shape index (κ1) is 7.70. The van der Waals surface area contributed by atoms with Gasteiger partial charge >= 0.3 is 12.2 Å². The molecule has 0 bridgehead atoms. The molecule has 58 valence electrons. The van der Waals surface area contributed by atoms with Crippen molar-refractivity contribution in [2.75, 3.05) is 0 Å². The first-order chi connectivity index (χ1) is 5.00. The van der Waals surface area contributed by atoms with Crippen LogP contribution in [0.15, 0.2) is 15.9 Å². The zero-order valence-electron chi connectivity index (χ0n) is 4.88. The van der Waals surface area contributed by atoms with Crippen LogP contribution in [0.1, 0.15) is 0 Å². The Labute approximate surface area is 58.8 Å². The number of carbonyl (C=O) groups is 1. The molecule has 0 atom stereocenters. The minimum absolute atomic E-state index is 1.09. The van der Waals surface area contributed by atoms with E-state index >= 15 is 0 Å². The van der Waals surface area contributed by atoms with E-state index < -0.39 is 17.9 Å². The number of halogens is 3. The predicted octanol–water partition coefficient (Wildman–Crippen LogP) is 1.38. The Morgan fingerprint density at radius 2 is 1.91 bits per heavy atom. The Hall–Kier alpha value is -1.40. The number of urea groups is 1. The molecule has 0 aromatic carbocycles. The Morgan fingerprint density at radius 1 is 1.27 bits per heavy atom. The van der Waals surface area contributed by atoms with Gasteiger partial charge in [0.1, 0.15) is 6.20 Å². The van der Waals surface area contributed by atoms with Crippen molar-refractivity contribution in [1.82, 2.24) is 5.32 Å². The SMILES string of the molecule is O=C1[N][C]=C(C(F)(F)F)N=N1. The molecule has 0 N–H and O–H groups in total. The Bertz CT molecular complexity index is 241. The summed E-state index contributed by atoms with van der Waals surface area (Å²) < 4.78 is 34.9. The average Bonchev–Trinajstić information content (AvgIpc) is 1.86. The maximum absolute atomic E-state index is 11.6. The third-order valence-electron chi connectivity index (χ3n) is 0.762. The molecule has 0 saturated carbocycles. The largest absolute Gasteiger partial charge is 0.437 e. The second kappa shape index (κ2) is 2.33. The van der Waals surface area contributed by atoms with Crippen LogP contribution >= 0.6 is 0 Å². The third-order valence-corrected chi connectivity index (χ3v) is 0.762. The minimum Gasteiger partial charge on any atom is -0.242 e. The summed E-state index contributed by atoms with van der Waals surface area (Å²) in [5.74, 6) is 0. The fourth-order valence-electron chi connectivity index (χ4n) is 0.358. The van der Waals surface area contributed by atoms with E-state index in [-0.39, 0.29) is 0 Å². The van der Waals surface area contributed by atoms with Gasteiger partial charge in [0.15, 0.2) is 5.70 Å². The summed E-state index contributed by atoms with van der Waals surface area (Å²) in [6, 6.07) is -1.09. The quantitative estimate of drug-likeness (QED) is 0.532. The van der Waals surface area contributed by atoms with E-state index in [9.17, 15) is 18.0 Å². The van der Waals surface area contributed by atoms with E-state index in [0.717, 1.165) is 0 Å². The van der Waals surface area contributed by atoms with E-state index in [0.29, 0.717) is 0 Å². The molecular formula is C4F3N3O. The predicted molar refractivity (Wildman–Crippen MR) is 25.2 cm³/mol. The number of carbonyl (C=O) groups excluding carboxylic acids is 1. The molecule has 0 fully saturated rings. The summed E-state index contributed by atoms with van der Waals surface area (Å²) in [7, 11) is 0. The fraction of sp³-hybridized carbons (Fsp3) is 0.250. The maximum atomic E-state index is 11.6. The first-order valence-corrected chi connectivity index (χ1v) is 2.37. The van der Waals surface area contributed by atoms with E-state index in [1.165, 1.54) is 6.20 Å². The Kier molecular flexibility index (Phi) is 1.63. The first-order valence-electron chi connectivity index (χ1n) is 2.37. The monoisotopic (exact) mass is 163 g/mol. The standard InChI is InChI=1S/C4F3N3O/c5-4(6,7)2-1-8-3(11)10-9-2. The van der Waals surface area contributed by atoms with Crippen molar-refractivity contribution in [3.8, 4) is 0 Å².